The van der Waals surface area contributed by atoms with Crippen molar-refractivity contribution in [2.75, 3.05) is 19.5 Å². The van der Waals surface area contributed by atoms with E-state index >= 15 is 0 Å². The second kappa shape index (κ2) is 11.5. The molecule has 0 spiro atoms. The second-order valence-electron chi connectivity index (χ2n) is 8.91. The number of nitrogens with two attached hydrogens (primary N) is 1. The number of carbonyl (C=O) groups is 1. The van der Waals surface area contributed by atoms with E-state index < -0.39 is 5.92 Å². The van der Waals surface area contributed by atoms with E-state index in [-0.39, 0.29) is 18.4 Å². The Morgan fingerprint density at radius 1 is 1.11 bits per heavy atom. The number of nitriles is 1. The number of fused-ring (bicyclic) bond motifs is 1. The van der Waals surface area contributed by atoms with Crippen molar-refractivity contribution in [1.29, 1.82) is 5.26 Å². The quantitative estimate of drug-likeness (QED) is 0.333. The number of benzene rings is 2. The van der Waals surface area contributed by atoms with Crippen LogP contribution in [0.2, 0.25) is 0 Å². The maximum absolute atomic E-state index is 12.8. The van der Waals surface area contributed by atoms with Crippen molar-refractivity contribution < 1.29 is 14.3 Å². The van der Waals surface area contributed by atoms with E-state index in [1.165, 1.54) is 6.33 Å². The largest absolute Gasteiger partial charge is 0.457 e. The monoisotopic (exact) mass is 498 g/mol. The van der Waals surface area contributed by atoms with Crippen molar-refractivity contribution in [2.24, 2.45) is 5.92 Å². The Morgan fingerprint density at radius 3 is 2.46 bits per heavy atom. The molecule has 0 radical (unpaired) electrons. The molecular weight excluding hydrogens is 468 g/mol. The normalized spacial score (nSPS) is 11.9. The van der Waals surface area contributed by atoms with Gasteiger partial charge in [0.1, 0.15) is 35.2 Å². The number of hydrogen-bond donors (Lipinski definition) is 2. The molecule has 37 heavy (non-hydrogen) atoms. The third kappa shape index (κ3) is 5.71. The van der Waals surface area contributed by atoms with Gasteiger partial charge in [-0.25, -0.2) is 9.97 Å². The number of amides is 1. The van der Waals surface area contributed by atoms with Crippen LogP contribution < -0.4 is 15.8 Å². The highest BCUT2D eigenvalue weighted by atomic mass is 16.5. The van der Waals surface area contributed by atoms with Crippen LogP contribution in [-0.4, -0.2) is 40.2 Å². The van der Waals surface area contributed by atoms with Crippen molar-refractivity contribution in [1.82, 2.24) is 19.9 Å². The molecular formula is C28H30N6O3. The molecule has 190 valence electrons. The fourth-order valence-corrected chi connectivity index (χ4v) is 4.28. The highest BCUT2D eigenvalue weighted by molar-refractivity contribution is 6.02. The summed E-state index contributed by atoms with van der Waals surface area (Å²) in [5, 5.41) is 13.4. The molecule has 2 heterocycles. The number of rotatable bonds is 10. The summed E-state index contributed by atoms with van der Waals surface area (Å²) in [7, 11) is 1.62. The number of aromatic nitrogens is 3. The number of anilines is 1. The van der Waals surface area contributed by atoms with Gasteiger partial charge >= 0.3 is 0 Å². The van der Waals surface area contributed by atoms with Crippen molar-refractivity contribution in [3.8, 4) is 28.7 Å². The van der Waals surface area contributed by atoms with E-state index in [1.54, 1.807) is 7.11 Å². The lowest BCUT2D eigenvalue weighted by Crippen LogP contribution is -2.36. The van der Waals surface area contributed by atoms with Crippen LogP contribution in [0.1, 0.15) is 19.5 Å². The average molecular weight is 499 g/mol. The van der Waals surface area contributed by atoms with Crippen LogP contribution in [-0.2, 0) is 22.5 Å². The predicted octanol–water partition coefficient (Wildman–Crippen LogP) is 4.33. The summed E-state index contributed by atoms with van der Waals surface area (Å²) >= 11 is 0. The Morgan fingerprint density at radius 2 is 1.81 bits per heavy atom. The first-order valence-electron chi connectivity index (χ1n) is 12.1. The first kappa shape index (κ1) is 25.7. The minimum Gasteiger partial charge on any atom is -0.457 e. The van der Waals surface area contributed by atoms with E-state index in [0.29, 0.717) is 35.8 Å². The van der Waals surface area contributed by atoms with Gasteiger partial charge in [-0.1, -0.05) is 30.3 Å². The summed E-state index contributed by atoms with van der Waals surface area (Å²) in [6, 6.07) is 19.2. The third-order valence-electron chi connectivity index (χ3n) is 5.92. The molecule has 4 aromatic rings. The molecule has 0 aliphatic heterocycles. The Labute approximate surface area is 215 Å². The van der Waals surface area contributed by atoms with E-state index in [0.717, 1.165) is 22.6 Å². The number of hydrogen-bond acceptors (Lipinski definition) is 7. The van der Waals surface area contributed by atoms with Crippen LogP contribution in [0.3, 0.4) is 0 Å². The van der Waals surface area contributed by atoms with Gasteiger partial charge in [0.25, 0.3) is 0 Å². The van der Waals surface area contributed by atoms with Gasteiger partial charge in [0.15, 0.2) is 0 Å². The lowest BCUT2D eigenvalue weighted by molar-refractivity contribution is -0.123. The summed E-state index contributed by atoms with van der Waals surface area (Å²) in [5.74, 6) is 0.509. The van der Waals surface area contributed by atoms with E-state index in [2.05, 4.69) is 21.4 Å². The van der Waals surface area contributed by atoms with Gasteiger partial charge in [-0.2, -0.15) is 5.26 Å². The fourth-order valence-electron chi connectivity index (χ4n) is 4.28. The summed E-state index contributed by atoms with van der Waals surface area (Å²) in [6.45, 7) is 4.61. The first-order valence-corrected chi connectivity index (χ1v) is 12.1. The molecule has 2 aromatic carbocycles. The highest BCUT2D eigenvalue weighted by Crippen LogP contribution is 2.38. The van der Waals surface area contributed by atoms with Crippen LogP contribution in [0.4, 0.5) is 5.82 Å². The molecule has 9 heteroatoms. The van der Waals surface area contributed by atoms with Gasteiger partial charge < -0.3 is 25.1 Å². The summed E-state index contributed by atoms with van der Waals surface area (Å²) in [6.07, 6.45) is 1.59. The lowest BCUT2D eigenvalue weighted by Gasteiger charge is -2.16. The van der Waals surface area contributed by atoms with Crippen LogP contribution in [0.15, 0.2) is 60.9 Å². The van der Waals surface area contributed by atoms with Gasteiger partial charge in [0.2, 0.25) is 5.91 Å². The van der Waals surface area contributed by atoms with Gasteiger partial charge in [-0.05, 0) is 43.7 Å². The Hall–Kier alpha value is -4.42. The first-order chi connectivity index (χ1) is 17.9. The maximum atomic E-state index is 12.8. The Balaban J connectivity index is 1.83. The van der Waals surface area contributed by atoms with Gasteiger partial charge in [-0.15, -0.1) is 0 Å². The smallest absolute Gasteiger partial charge is 0.237 e. The zero-order chi connectivity index (χ0) is 26.4. The van der Waals surface area contributed by atoms with Crippen LogP contribution >= 0.6 is 0 Å². The molecule has 0 fully saturated rings. The summed E-state index contributed by atoms with van der Waals surface area (Å²) in [4.78, 5) is 21.6. The maximum Gasteiger partial charge on any atom is 0.237 e. The van der Waals surface area contributed by atoms with Gasteiger partial charge in [-0.3, -0.25) is 4.79 Å². The van der Waals surface area contributed by atoms with Crippen LogP contribution in [0.5, 0.6) is 11.5 Å². The van der Waals surface area contributed by atoms with E-state index in [9.17, 15) is 10.1 Å². The molecule has 9 nitrogen and oxygen atoms in total. The standard InChI is InChI=1S/C28H30N6O3/c1-18(2)33-28(35)20(16-29)15-23-24(25-26(30)31-17-32-27(25)34(23)13-14-36-3)19-9-11-22(12-10-19)37-21-7-5-4-6-8-21/h4-12,17-18,20H,13-15H2,1-3H3,(H,33,35)(H2,30,31,32)/t20-/m0/s1. The van der Waals surface area contributed by atoms with E-state index in [4.69, 9.17) is 15.2 Å². The fraction of sp³-hybridized carbons (Fsp3) is 0.286. The van der Waals surface area contributed by atoms with Gasteiger partial charge in [0, 0.05) is 37.4 Å². The molecule has 1 atom stereocenters. The van der Waals surface area contributed by atoms with E-state index in [1.807, 2.05) is 73.0 Å². The summed E-state index contributed by atoms with van der Waals surface area (Å²) in [5.41, 5.74) is 9.38. The molecule has 0 bridgehead atoms. The lowest BCUT2D eigenvalue weighted by atomic mass is 9.96. The predicted molar refractivity (Wildman–Crippen MR) is 142 cm³/mol. The van der Waals surface area contributed by atoms with Crippen LogP contribution in [0.25, 0.3) is 22.2 Å². The van der Waals surface area contributed by atoms with Crippen molar-refractivity contribution in [3.63, 3.8) is 0 Å². The minimum absolute atomic E-state index is 0.0826. The molecule has 3 N–H and O–H groups in total. The number of nitrogens with zero attached hydrogens (tertiary/aromatic N) is 4. The van der Waals surface area contributed by atoms with Crippen molar-refractivity contribution in [2.45, 2.75) is 32.9 Å². The molecule has 1 amide bonds. The number of methoxy groups -OCH3 is 1. The molecule has 4 rings (SSSR count). The molecule has 0 aliphatic carbocycles. The molecule has 0 saturated heterocycles. The molecule has 0 saturated carbocycles. The SMILES string of the molecule is COCCn1c(C[C@@H](C#N)C(=O)NC(C)C)c(-c2ccc(Oc3ccccc3)cc2)c2c(N)ncnc21. The minimum atomic E-state index is -0.901. The second-order valence-corrected chi connectivity index (χ2v) is 8.91. The van der Waals surface area contributed by atoms with Gasteiger partial charge in [0.05, 0.1) is 18.1 Å². The topological polar surface area (TPSA) is 128 Å². The Kier molecular flexibility index (Phi) is 8.01. The van der Waals surface area contributed by atoms with Crippen LogP contribution in [0, 0.1) is 17.2 Å². The van der Waals surface area contributed by atoms with Crippen molar-refractivity contribution >= 4 is 22.8 Å². The number of ether oxygens (including phenoxy) is 2. The number of nitrogens with one attached hydrogen (secondary N) is 1. The molecule has 2 aromatic heterocycles. The average Bonchev–Trinajstić information content (AvgIpc) is 3.20. The third-order valence-corrected chi connectivity index (χ3v) is 5.92. The molecule has 0 aliphatic rings. The zero-order valence-electron chi connectivity index (χ0n) is 21.1. The number of nitrogen functional groups attached to an aromatic ring is 1. The van der Waals surface area contributed by atoms with Crippen molar-refractivity contribution in [3.05, 3.63) is 66.6 Å². The Bertz CT molecular complexity index is 1410. The number of para-hydroxylation sites is 1. The zero-order valence-corrected chi connectivity index (χ0v) is 21.1. The summed E-state index contributed by atoms with van der Waals surface area (Å²) < 4.78 is 13.3. The highest BCUT2D eigenvalue weighted by Gasteiger charge is 2.27. The number of carbonyl (C=O) groups excluding carboxylic acids is 1. The molecule has 0 unspecified atom stereocenters.